The molecule has 0 aromatic carbocycles. The number of allylic oxidation sites excluding steroid dienone is 1. The van der Waals surface area contributed by atoms with Gasteiger partial charge in [-0.15, -0.1) is 11.6 Å². The van der Waals surface area contributed by atoms with Crippen LogP contribution < -0.4 is 0 Å². The minimum atomic E-state index is -0.440. The number of alkyl halides is 1. The van der Waals surface area contributed by atoms with E-state index < -0.39 is 11.9 Å². The Hall–Kier alpha value is -0.830. The van der Waals surface area contributed by atoms with Crippen molar-refractivity contribution in [3.05, 3.63) is 12.2 Å². The molecule has 3 unspecified atom stereocenters. The Kier molecular flexibility index (Phi) is 1.68. The van der Waals surface area contributed by atoms with Crippen LogP contribution in [0.2, 0.25) is 0 Å². The van der Waals surface area contributed by atoms with Gasteiger partial charge in [-0.1, -0.05) is 12.2 Å². The Morgan fingerprint density at radius 3 is 2.83 bits per heavy atom. The molecular formula is C8H7ClO3. The second-order valence-corrected chi connectivity index (χ2v) is 3.57. The lowest BCUT2D eigenvalue weighted by Gasteiger charge is -2.16. The largest absolute Gasteiger partial charge is 0.392 e. The zero-order chi connectivity index (χ0) is 8.72. The van der Waals surface area contributed by atoms with E-state index in [0.29, 0.717) is 6.42 Å². The normalized spacial score (nSPS) is 39.6. The molecular weight excluding hydrogens is 180 g/mol. The number of hydrogen-bond acceptors (Lipinski definition) is 3. The topological polar surface area (TPSA) is 43.4 Å². The van der Waals surface area contributed by atoms with Crippen LogP contribution in [-0.4, -0.2) is 17.3 Å². The van der Waals surface area contributed by atoms with Crippen molar-refractivity contribution in [3.63, 3.8) is 0 Å². The van der Waals surface area contributed by atoms with Crippen molar-refractivity contribution in [2.45, 2.75) is 11.8 Å². The summed E-state index contributed by atoms with van der Waals surface area (Å²) in [7, 11) is 0. The lowest BCUT2D eigenvalue weighted by molar-refractivity contribution is -0.153. The van der Waals surface area contributed by atoms with Gasteiger partial charge in [0.05, 0.1) is 17.2 Å². The Balaban J connectivity index is 2.29. The van der Waals surface area contributed by atoms with Crippen molar-refractivity contribution in [3.8, 4) is 0 Å². The van der Waals surface area contributed by atoms with E-state index in [-0.39, 0.29) is 17.2 Å². The highest BCUT2D eigenvalue weighted by molar-refractivity contribution is 6.22. The maximum atomic E-state index is 11.0. The summed E-state index contributed by atoms with van der Waals surface area (Å²) in [6, 6.07) is 0. The van der Waals surface area contributed by atoms with Gasteiger partial charge >= 0.3 is 11.9 Å². The first-order chi connectivity index (χ1) is 5.68. The monoisotopic (exact) mass is 186 g/mol. The number of rotatable bonds is 0. The van der Waals surface area contributed by atoms with E-state index in [1.807, 2.05) is 0 Å². The van der Waals surface area contributed by atoms with Crippen LogP contribution in [0.4, 0.5) is 0 Å². The van der Waals surface area contributed by atoms with Crippen LogP contribution in [0.25, 0.3) is 0 Å². The molecule has 0 N–H and O–H groups in total. The Morgan fingerprint density at radius 2 is 2.08 bits per heavy atom. The molecule has 0 amide bonds. The van der Waals surface area contributed by atoms with Crippen LogP contribution in [0.3, 0.4) is 0 Å². The molecule has 2 rings (SSSR count). The zero-order valence-electron chi connectivity index (χ0n) is 6.20. The van der Waals surface area contributed by atoms with Gasteiger partial charge < -0.3 is 4.74 Å². The standard InChI is InChI=1S/C8H7ClO3/c9-4-1-2-5-6(3-4)8(11)12-7(5)10/h1-2,4-6H,3H2. The number of cyclic esters (lactones) is 2. The second-order valence-electron chi connectivity index (χ2n) is 3.01. The first kappa shape index (κ1) is 7.80. The quantitative estimate of drug-likeness (QED) is 0.244. The van der Waals surface area contributed by atoms with Crippen LogP contribution in [0.1, 0.15) is 6.42 Å². The van der Waals surface area contributed by atoms with Gasteiger partial charge in [-0.05, 0) is 6.42 Å². The number of carbonyl (C=O) groups excluding carboxylic acids is 2. The molecule has 64 valence electrons. The van der Waals surface area contributed by atoms with E-state index in [0.717, 1.165) is 0 Å². The molecule has 1 aliphatic heterocycles. The van der Waals surface area contributed by atoms with Crippen molar-refractivity contribution in [1.82, 2.24) is 0 Å². The highest BCUT2D eigenvalue weighted by Crippen LogP contribution is 2.34. The van der Waals surface area contributed by atoms with Crippen LogP contribution in [0.5, 0.6) is 0 Å². The van der Waals surface area contributed by atoms with Crippen LogP contribution >= 0.6 is 11.6 Å². The third-order valence-electron chi connectivity index (χ3n) is 2.22. The molecule has 3 nitrogen and oxygen atoms in total. The molecule has 0 bridgehead atoms. The van der Waals surface area contributed by atoms with Crippen molar-refractivity contribution in [1.29, 1.82) is 0 Å². The zero-order valence-corrected chi connectivity index (χ0v) is 6.95. The van der Waals surface area contributed by atoms with Gasteiger partial charge in [0.15, 0.2) is 0 Å². The Labute approximate surface area is 74.3 Å². The van der Waals surface area contributed by atoms with Gasteiger partial charge in [-0.25, -0.2) is 0 Å². The Morgan fingerprint density at radius 1 is 1.33 bits per heavy atom. The van der Waals surface area contributed by atoms with Crippen molar-refractivity contribution < 1.29 is 14.3 Å². The van der Waals surface area contributed by atoms with Gasteiger partial charge in [0, 0.05) is 0 Å². The number of hydrogen-bond donors (Lipinski definition) is 0. The molecule has 1 aliphatic carbocycles. The highest BCUT2D eigenvalue weighted by atomic mass is 35.5. The molecule has 1 heterocycles. The van der Waals surface area contributed by atoms with Crippen LogP contribution in [-0.2, 0) is 14.3 Å². The number of ether oxygens (including phenoxy) is 1. The summed E-state index contributed by atoms with van der Waals surface area (Å²) in [5.74, 6) is -1.60. The molecule has 1 fully saturated rings. The molecule has 1 saturated heterocycles. The molecule has 0 aromatic rings. The minimum absolute atomic E-state index is 0.148. The predicted molar refractivity (Wildman–Crippen MR) is 41.5 cm³/mol. The van der Waals surface area contributed by atoms with Crippen LogP contribution in [0, 0.1) is 11.8 Å². The van der Waals surface area contributed by atoms with Gasteiger partial charge in [0.2, 0.25) is 0 Å². The molecule has 0 radical (unpaired) electrons. The van der Waals surface area contributed by atoms with Crippen molar-refractivity contribution >= 4 is 23.5 Å². The smallest absolute Gasteiger partial charge is 0.321 e. The summed E-state index contributed by atoms with van der Waals surface area (Å²) in [6.45, 7) is 0. The first-order valence-electron chi connectivity index (χ1n) is 3.76. The van der Waals surface area contributed by atoms with Gasteiger partial charge in [0.25, 0.3) is 0 Å². The van der Waals surface area contributed by atoms with E-state index in [2.05, 4.69) is 4.74 Å². The van der Waals surface area contributed by atoms with E-state index >= 15 is 0 Å². The molecule has 2 aliphatic rings. The summed E-state index contributed by atoms with van der Waals surface area (Å²) in [4.78, 5) is 22.0. The van der Waals surface area contributed by atoms with E-state index in [1.165, 1.54) is 0 Å². The van der Waals surface area contributed by atoms with E-state index in [9.17, 15) is 9.59 Å². The molecule has 0 aromatic heterocycles. The Bertz CT molecular complexity index is 271. The maximum absolute atomic E-state index is 11.0. The average Bonchev–Trinajstić information content (AvgIpc) is 2.28. The van der Waals surface area contributed by atoms with E-state index in [4.69, 9.17) is 11.6 Å². The highest BCUT2D eigenvalue weighted by Gasteiger charge is 2.44. The molecule has 3 atom stereocenters. The SMILES string of the molecule is O=C1OC(=O)C2CC(Cl)C=CC12. The number of esters is 2. The third-order valence-corrected chi connectivity index (χ3v) is 2.54. The summed E-state index contributed by atoms with van der Waals surface area (Å²) in [5, 5.41) is -0.148. The van der Waals surface area contributed by atoms with Crippen molar-refractivity contribution in [2.75, 3.05) is 0 Å². The molecule has 4 heteroatoms. The number of fused-ring (bicyclic) bond motifs is 1. The fourth-order valence-electron chi connectivity index (χ4n) is 1.57. The lowest BCUT2D eigenvalue weighted by Crippen LogP contribution is -2.23. The van der Waals surface area contributed by atoms with Crippen LogP contribution in [0.15, 0.2) is 12.2 Å². The fraction of sp³-hybridized carbons (Fsp3) is 0.500. The van der Waals surface area contributed by atoms with E-state index in [1.54, 1.807) is 12.2 Å². The van der Waals surface area contributed by atoms with Gasteiger partial charge in [-0.2, -0.15) is 0 Å². The molecule has 12 heavy (non-hydrogen) atoms. The van der Waals surface area contributed by atoms with Gasteiger partial charge in [-0.3, -0.25) is 9.59 Å². The summed E-state index contributed by atoms with van der Waals surface area (Å²) in [6.07, 6.45) is 3.91. The predicted octanol–water partition coefficient (Wildman–Crippen LogP) is 0.869. The third kappa shape index (κ3) is 1.05. The second kappa shape index (κ2) is 2.59. The van der Waals surface area contributed by atoms with Gasteiger partial charge in [0.1, 0.15) is 0 Å². The maximum Gasteiger partial charge on any atom is 0.321 e. The summed E-state index contributed by atoms with van der Waals surface area (Å²) in [5.41, 5.74) is 0. The first-order valence-corrected chi connectivity index (χ1v) is 4.20. The molecule has 0 spiro atoms. The minimum Gasteiger partial charge on any atom is -0.392 e. The summed E-state index contributed by atoms with van der Waals surface area (Å²) < 4.78 is 4.47. The molecule has 0 saturated carbocycles. The lowest BCUT2D eigenvalue weighted by atomic mass is 9.86. The average molecular weight is 187 g/mol. The van der Waals surface area contributed by atoms with Crippen molar-refractivity contribution in [2.24, 2.45) is 11.8 Å². The number of halogens is 1. The summed E-state index contributed by atoms with van der Waals surface area (Å²) >= 11 is 5.79. The fourth-order valence-corrected chi connectivity index (χ4v) is 1.85. The number of carbonyl (C=O) groups is 2.